The maximum Gasteiger partial charge on any atom is 0.258 e. The number of aryl methyl sites for hydroxylation is 1. The molecule has 2 aromatic heterocycles. The van der Waals surface area contributed by atoms with Crippen molar-refractivity contribution in [2.75, 3.05) is 19.7 Å². The highest BCUT2D eigenvalue weighted by Crippen LogP contribution is 2.22. The predicted octanol–water partition coefficient (Wildman–Crippen LogP) is 1.41. The zero-order chi connectivity index (χ0) is 21.4. The summed E-state index contributed by atoms with van der Waals surface area (Å²) in [6, 6.07) is 7.96. The van der Waals surface area contributed by atoms with Gasteiger partial charge in [-0.1, -0.05) is 18.6 Å². The number of hydrogen-bond donors (Lipinski definition) is 2. The van der Waals surface area contributed by atoms with Gasteiger partial charge in [0.1, 0.15) is 0 Å². The van der Waals surface area contributed by atoms with Crippen LogP contribution in [0.2, 0.25) is 0 Å². The van der Waals surface area contributed by atoms with Crippen LogP contribution in [-0.4, -0.2) is 51.0 Å². The third-order valence-electron chi connectivity index (χ3n) is 6.77. The third-order valence-corrected chi connectivity index (χ3v) is 6.77. The molecule has 0 aliphatic carbocycles. The summed E-state index contributed by atoms with van der Waals surface area (Å²) in [7, 11) is 0. The molecule has 0 radical (unpaired) electrons. The normalized spacial score (nSPS) is 25.2. The minimum Gasteiger partial charge on any atom is -0.376 e. The molecule has 2 aliphatic heterocycles. The predicted molar refractivity (Wildman–Crippen MR) is 117 cm³/mol. The van der Waals surface area contributed by atoms with E-state index < -0.39 is 0 Å². The number of nitrogens with one attached hydrogen (secondary N) is 2. The standard InChI is InChI=1S/C23H30N6O2/c1-15-7-8-20-17(11-15)12-19(23(30)24-20)21(28-9-3-5-16(2)13-28)22-25-26-27-29(22)14-18-6-4-10-31-18/h7-8,11-12,16,18,21H,3-6,9-10,13-14H2,1-2H3,(H,24,30)/p+1/t16-,18+,21+/m0/s1. The lowest BCUT2D eigenvalue weighted by Gasteiger charge is -2.33. The molecular formula is C23H31N6O2+. The summed E-state index contributed by atoms with van der Waals surface area (Å²) in [4.78, 5) is 17.7. The van der Waals surface area contributed by atoms with Crippen LogP contribution in [-0.2, 0) is 11.3 Å². The average molecular weight is 424 g/mol. The van der Waals surface area contributed by atoms with Crippen molar-refractivity contribution >= 4 is 10.9 Å². The average Bonchev–Trinajstić information content (AvgIpc) is 3.42. The molecule has 0 spiro atoms. The summed E-state index contributed by atoms with van der Waals surface area (Å²) in [5, 5.41) is 13.8. The molecule has 0 bridgehead atoms. The van der Waals surface area contributed by atoms with Gasteiger partial charge in [0, 0.05) is 18.0 Å². The minimum absolute atomic E-state index is 0.0567. The number of rotatable bonds is 5. The smallest absolute Gasteiger partial charge is 0.258 e. The molecule has 4 atom stereocenters. The van der Waals surface area contributed by atoms with Crippen molar-refractivity contribution in [2.24, 2.45) is 5.92 Å². The van der Waals surface area contributed by atoms with E-state index in [0.717, 1.165) is 61.2 Å². The molecule has 1 unspecified atom stereocenters. The molecule has 2 aliphatic rings. The number of aromatic nitrogens is 5. The Hall–Kier alpha value is -2.58. The van der Waals surface area contributed by atoms with E-state index in [4.69, 9.17) is 4.74 Å². The van der Waals surface area contributed by atoms with Crippen molar-refractivity contribution in [3.63, 3.8) is 0 Å². The first-order valence-electron chi connectivity index (χ1n) is 11.4. The Bertz CT molecular complexity index is 1120. The summed E-state index contributed by atoms with van der Waals surface area (Å²) in [6.45, 7) is 7.80. The Morgan fingerprint density at radius 2 is 2.19 bits per heavy atom. The molecule has 2 fully saturated rings. The van der Waals surface area contributed by atoms with Gasteiger partial charge in [0.25, 0.3) is 5.56 Å². The molecule has 164 valence electrons. The minimum atomic E-state index is -0.201. The largest absolute Gasteiger partial charge is 0.376 e. The SMILES string of the molecule is Cc1ccc2[nH]c(=O)c([C@H](c3nnnn3C[C@H]3CCCO3)[NH+]3CCC[C@H](C)C3)cc2c1. The number of ether oxygens (including phenoxy) is 1. The number of fused-ring (bicyclic) bond motifs is 1. The van der Waals surface area contributed by atoms with Gasteiger partial charge in [-0.05, 0) is 66.6 Å². The second-order valence-electron chi connectivity index (χ2n) is 9.29. The van der Waals surface area contributed by atoms with Gasteiger partial charge in [-0.25, -0.2) is 4.68 Å². The molecule has 4 heterocycles. The highest BCUT2D eigenvalue weighted by Gasteiger charge is 2.37. The van der Waals surface area contributed by atoms with Crippen LogP contribution in [0.4, 0.5) is 0 Å². The number of benzene rings is 1. The van der Waals surface area contributed by atoms with E-state index in [9.17, 15) is 4.79 Å². The Kier molecular flexibility index (Phi) is 5.58. The van der Waals surface area contributed by atoms with Crippen molar-refractivity contribution in [1.29, 1.82) is 0 Å². The van der Waals surface area contributed by atoms with E-state index in [1.54, 1.807) is 0 Å². The molecule has 5 rings (SSSR count). The number of tetrazole rings is 1. The summed E-state index contributed by atoms with van der Waals surface area (Å²) in [5.41, 5.74) is 2.72. The van der Waals surface area contributed by atoms with Crippen molar-refractivity contribution < 1.29 is 9.64 Å². The first-order chi connectivity index (χ1) is 15.1. The zero-order valence-corrected chi connectivity index (χ0v) is 18.3. The quantitative estimate of drug-likeness (QED) is 0.648. The summed E-state index contributed by atoms with van der Waals surface area (Å²) in [5.74, 6) is 1.37. The zero-order valence-electron chi connectivity index (χ0n) is 18.3. The topological polar surface area (TPSA) is 90.1 Å². The number of likely N-dealkylation sites (tertiary alicyclic amines) is 1. The summed E-state index contributed by atoms with van der Waals surface area (Å²) < 4.78 is 7.70. The number of H-pyrrole nitrogens is 1. The number of pyridine rings is 1. The van der Waals surface area contributed by atoms with Gasteiger partial charge in [-0.2, -0.15) is 0 Å². The van der Waals surface area contributed by atoms with Gasteiger partial charge in [-0.3, -0.25) is 4.79 Å². The molecule has 31 heavy (non-hydrogen) atoms. The van der Waals surface area contributed by atoms with Crippen LogP contribution in [0.25, 0.3) is 10.9 Å². The molecule has 8 heteroatoms. The van der Waals surface area contributed by atoms with E-state index >= 15 is 0 Å². The van der Waals surface area contributed by atoms with Crippen molar-refractivity contribution in [2.45, 2.75) is 58.2 Å². The Labute approximate surface area is 181 Å². The molecule has 2 N–H and O–H groups in total. The van der Waals surface area contributed by atoms with E-state index in [-0.39, 0.29) is 17.7 Å². The molecule has 0 amide bonds. The van der Waals surface area contributed by atoms with Crippen molar-refractivity contribution in [1.82, 2.24) is 25.2 Å². The van der Waals surface area contributed by atoms with Gasteiger partial charge < -0.3 is 14.6 Å². The van der Waals surface area contributed by atoms with Crippen LogP contribution < -0.4 is 10.5 Å². The number of piperidine rings is 1. The first kappa shape index (κ1) is 20.3. The monoisotopic (exact) mass is 423 g/mol. The fourth-order valence-corrected chi connectivity index (χ4v) is 5.22. The first-order valence-corrected chi connectivity index (χ1v) is 11.4. The third kappa shape index (κ3) is 4.14. The van der Waals surface area contributed by atoms with Crippen LogP contribution in [0.5, 0.6) is 0 Å². The fraction of sp³-hybridized carbons (Fsp3) is 0.565. The Balaban J connectivity index is 1.60. The van der Waals surface area contributed by atoms with Gasteiger partial charge in [0.2, 0.25) is 5.82 Å². The molecule has 8 nitrogen and oxygen atoms in total. The number of hydrogen-bond acceptors (Lipinski definition) is 5. The second kappa shape index (κ2) is 8.51. The maximum absolute atomic E-state index is 13.3. The number of aromatic amines is 1. The summed E-state index contributed by atoms with van der Waals surface area (Å²) >= 11 is 0. The van der Waals surface area contributed by atoms with Gasteiger partial charge >= 0.3 is 0 Å². The fourth-order valence-electron chi connectivity index (χ4n) is 5.22. The van der Waals surface area contributed by atoms with Crippen LogP contribution in [0.3, 0.4) is 0 Å². The van der Waals surface area contributed by atoms with E-state index in [2.05, 4.69) is 40.4 Å². The van der Waals surface area contributed by atoms with E-state index in [1.807, 2.05) is 22.9 Å². The Morgan fingerprint density at radius 1 is 1.29 bits per heavy atom. The second-order valence-corrected chi connectivity index (χ2v) is 9.29. The molecule has 3 aromatic rings. The van der Waals surface area contributed by atoms with Crippen molar-refractivity contribution in [3.05, 3.63) is 51.6 Å². The highest BCUT2D eigenvalue weighted by molar-refractivity contribution is 5.79. The van der Waals surface area contributed by atoms with E-state index in [0.29, 0.717) is 12.5 Å². The lowest BCUT2D eigenvalue weighted by molar-refractivity contribution is -0.934. The van der Waals surface area contributed by atoms with Crippen LogP contribution in [0.1, 0.15) is 55.6 Å². The lowest BCUT2D eigenvalue weighted by atomic mass is 9.95. The van der Waals surface area contributed by atoms with Crippen LogP contribution in [0.15, 0.2) is 29.1 Å². The maximum atomic E-state index is 13.3. The molecular weight excluding hydrogens is 392 g/mol. The van der Waals surface area contributed by atoms with Gasteiger partial charge in [0.15, 0.2) is 6.04 Å². The number of quaternary nitrogens is 1. The van der Waals surface area contributed by atoms with E-state index in [1.165, 1.54) is 16.9 Å². The highest BCUT2D eigenvalue weighted by atomic mass is 16.5. The lowest BCUT2D eigenvalue weighted by Crippen LogP contribution is -3.14. The molecule has 0 saturated carbocycles. The number of nitrogens with zero attached hydrogens (tertiary/aromatic N) is 4. The van der Waals surface area contributed by atoms with Crippen LogP contribution >= 0.6 is 0 Å². The van der Waals surface area contributed by atoms with Crippen LogP contribution in [0, 0.1) is 12.8 Å². The van der Waals surface area contributed by atoms with Gasteiger partial charge in [-0.15, -0.1) is 5.10 Å². The molecule has 2 saturated heterocycles. The summed E-state index contributed by atoms with van der Waals surface area (Å²) in [6.07, 6.45) is 4.60. The van der Waals surface area contributed by atoms with Crippen molar-refractivity contribution in [3.8, 4) is 0 Å². The Morgan fingerprint density at radius 3 is 3.00 bits per heavy atom. The molecule has 1 aromatic carbocycles. The van der Waals surface area contributed by atoms with Gasteiger partial charge in [0.05, 0.1) is 31.3 Å².